The topological polar surface area (TPSA) is 53.9 Å². The fraction of sp³-hybridized carbons (Fsp3) is 0.167. The number of benzene rings is 2. The van der Waals surface area contributed by atoms with Gasteiger partial charge in [0.15, 0.2) is 5.82 Å². The van der Waals surface area contributed by atoms with Crippen LogP contribution in [0.3, 0.4) is 0 Å². The van der Waals surface area contributed by atoms with E-state index in [2.05, 4.69) is 38.4 Å². The third-order valence-electron chi connectivity index (χ3n) is 4.18. The number of nitrogens with one attached hydrogen (secondary N) is 1. The molecule has 1 unspecified atom stereocenters. The van der Waals surface area contributed by atoms with Crippen LogP contribution in [0.1, 0.15) is 12.5 Å². The van der Waals surface area contributed by atoms with Gasteiger partial charge in [-0.3, -0.25) is 0 Å². The zero-order chi connectivity index (χ0) is 17.4. The summed E-state index contributed by atoms with van der Waals surface area (Å²) in [5, 5.41) is 10.6. The summed E-state index contributed by atoms with van der Waals surface area (Å²) in [5.74, 6) is -0.579. The molecule has 7 heteroatoms. The highest BCUT2D eigenvalue weighted by atomic mass is 19.1. The SMILES string of the molecule is CC1Cc2ccccc2N1c1cnnc(Nc2ccc(F)cc2F)n1. The molecule has 0 fully saturated rings. The first-order valence-corrected chi connectivity index (χ1v) is 7.91. The van der Waals surface area contributed by atoms with E-state index < -0.39 is 11.6 Å². The third-order valence-corrected chi connectivity index (χ3v) is 4.18. The van der Waals surface area contributed by atoms with Gasteiger partial charge in [-0.2, -0.15) is 10.1 Å². The normalized spacial score (nSPS) is 16.0. The van der Waals surface area contributed by atoms with Crippen molar-refractivity contribution >= 4 is 23.1 Å². The molecule has 0 amide bonds. The van der Waals surface area contributed by atoms with Crippen molar-refractivity contribution in [3.8, 4) is 0 Å². The number of aromatic nitrogens is 3. The van der Waals surface area contributed by atoms with E-state index in [-0.39, 0.29) is 17.7 Å². The van der Waals surface area contributed by atoms with Crippen LogP contribution in [0.5, 0.6) is 0 Å². The van der Waals surface area contributed by atoms with E-state index in [1.807, 2.05) is 18.2 Å². The average Bonchev–Trinajstić information content (AvgIpc) is 2.93. The first kappa shape index (κ1) is 15.4. The van der Waals surface area contributed by atoms with Crippen LogP contribution in [0, 0.1) is 11.6 Å². The second kappa shape index (κ2) is 6.08. The molecule has 2 heterocycles. The van der Waals surface area contributed by atoms with Crippen LogP contribution in [0.15, 0.2) is 48.7 Å². The van der Waals surface area contributed by atoms with Crippen LogP contribution in [0.25, 0.3) is 0 Å². The van der Waals surface area contributed by atoms with Crippen molar-refractivity contribution in [3.63, 3.8) is 0 Å². The molecule has 1 N–H and O–H groups in total. The van der Waals surface area contributed by atoms with Gasteiger partial charge >= 0.3 is 0 Å². The van der Waals surface area contributed by atoms with Gasteiger partial charge in [-0.15, -0.1) is 5.10 Å². The molecule has 3 aromatic rings. The van der Waals surface area contributed by atoms with Gasteiger partial charge in [0.2, 0.25) is 5.95 Å². The van der Waals surface area contributed by atoms with Gasteiger partial charge < -0.3 is 10.2 Å². The summed E-state index contributed by atoms with van der Waals surface area (Å²) in [6, 6.07) is 11.6. The van der Waals surface area contributed by atoms with Gasteiger partial charge in [0.05, 0.1) is 11.9 Å². The van der Waals surface area contributed by atoms with Gasteiger partial charge in [0.1, 0.15) is 11.6 Å². The number of halogens is 2. The number of fused-ring (bicyclic) bond motifs is 1. The number of hydrogen-bond donors (Lipinski definition) is 1. The predicted molar refractivity (Wildman–Crippen MR) is 91.2 cm³/mol. The fourth-order valence-electron chi connectivity index (χ4n) is 3.09. The van der Waals surface area contributed by atoms with Crippen molar-refractivity contribution in [2.45, 2.75) is 19.4 Å². The van der Waals surface area contributed by atoms with E-state index in [0.717, 1.165) is 18.2 Å². The molecule has 1 atom stereocenters. The van der Waals surface area contributed by atoms with Gasteiger partial charge in [-0.25, -0.2) is 8.78 Å². The van der Waals surface area contributed by atoms with Gasteiger partial charge in [-0.05, 0) is 37.1 Å². The minimum atomic E-state index is -0.714. The molecule has 2 aromatic carbocycles. The molecule has 4 rings (SSSR count). The van der Waals surface area contributed by atoms with E-state index in [1.54, 1.807) is 6.20 Å². The Morgan fingerprint density at radius 2 is 2.00 bits per heavy atom. The molecule has 1 aliphatic rings. The highest BCUT2D eigenvalue weighted by Crippen LogP contribution is 2.37. The highest BCUT2D eigenvalue weighted by molar-refractivity contribution is 5.69. The third kappa shape index (κ3) is 2.88. The van der Waals surface area contributed by atoms with Crippen molar-refractivity contribution in [1.29, 1.82) is 0 Å². The predicted octanol–water partition coefficient (Wildman–Crippen LogP) is 3.98. The molecule has 5 nitrogen and oxygen atoms in total. The lowest BCUT2D eigenvalue weighted by molar-refractivity contribution is 0.586. The van der Waals surface area contributed by atoms with E-state index >= 15 is 0 Å². The smallest absolute Gasteiger partial charge is 0.249 e. The van der Waals surface area contributed by atoms with E-state index in [4.69, 9.17) is 0 Å². The lowest BCUT2D eigenvalue weighted by Gasteiger charge is -2.23. The highest BCUT2D eigenvalue weighted by Gasteiger charge is 2.28. The molecule has 0 saturated carbocycles. The van der Waals surface area contributed by atoms with Crippen LogP contribution in [0.2, 0.25) is 0 Å². The van der Waals surface area contributed by atoms with Crippen molar-refractivity contribution in [2.24, 2.45) is 0 Å². The first-order chi connectivity index (χ1) is 12.1. The Bertz CT molecular complexity index is 931. The summed E-state index contributed by atoms with van der Waals surface area (Å²) in [6.45, 7) is 2.11. The maximum absolute atomic E-state index is 13.8. The van der Waals surface area contributed by atoms with Crippen LogP contribution >= 0.6 is 0 Å². The summed E-state index contributed by atoms with van der Waals surface area (Å²) in [7, 11) is 0. The number of para-hydroxylation sites is 1. The summed E-state index contributed by atoms with van der Waals surface area (Å²) in [5.41, 5.74) is 2.41. The van der Waals surface area contributed by atoms with Crippen LogP contribution in [-0.2, 0) is 6.42 Å². The number of nitrogens with zero attached hydrogens (tertiary/aromatic N) is 4. The lowest BCUT2D eigenvalue weighted by Crippen LogP contribution is -2.25. The molecule has 0 aliphatic carbocycles. The quantitative estimate of drug-likeness (QED) is 0.782. The monoisotopic (exact) mass is 339 g/mol. The Hall–Kier alpha value is -3.09. The Morgan fingerprint density at radius 1 is 1.16 bits per heavy atom. The van der Waals surface area contributed by atoms with Crippen LogP contribution < -0.4 is 10.2 Å². The van der Waals surface area contributed by atoms with Crippen molar-refractivity contribution < 1.29 is 8.78 Å². The number of rotatable bonds is 3. The van der Waals surface area contributed by atoms with E-state index in [9.17, 15) is 8.78 Å². The summed E-state index contributed by atoms with van der Waals surface area (Å²) >= 11 is 0. The van der Waals surface area contributed by atoms with E-state index in [0.29, 0.717) is 5.82 Å². The molecular formula is C18H15F2N5. The van der Waals surface area contributed by atoms with Crippen LogP contribution in [0.4, 0.5) is 31.9 Å². The number of hydrogen-bond acceptors (Lipinski definition) is 5. The van der Waals surface area contributed by atoms with Crippen LogP contribution in [-0.4, -0.2) is 21.2 Å². The van der Waals surface area contributed by atoms with Gasteiger partial charge in [0, 0.05) is 17.8 Å². The fourth-order valence-corrected chi connectivity index (χ4v) is 3.09. The van der Waals surface area contributed by atoms with Gasteiger partial charge in [0.25, 0.3) is 0 Å². The summed E-state index contributed by atoms with van der Waals surface area (Å²) < 4.78 is 26.8. The zero-order valence-electron chi connectivity index (χ0n) is 13.4. The standard InChI is InChI=1S/C18H15F2N5/c1-11-8-12-4-2-3-5-16(12)25(11)17-10-21-24-18(23-17)22-15-7-6-13(19)9-14(15)20/h2-7,9-11H,8H2,1H3,(H,22,23,24). The summed E-state index contributed by atoms with van der Waals surface area (Å²) in [4.78, 5) is 6.52. The molecule has 0 spiro atoms. The summed E-state index contributed by atoms with van der Waals surface area (Å²) in [6.07, 6.45) is 2.49. The Labute approximate surface area is 143 Å². The molecule has 1 aliphatic heterocycles. The minimum absolute atomic E-state index is 0.0928. The Morgan fingerprint density at radius 3 is 2.84 bits per heavy atom. The molecule has 0 radical (unpaired) electrons. The van der Waals surface area contributed by atoms with Crippen molar-refractivity contribution in [1.82, 2.24) is 15.2 Å². The molecular weight excluding hydrogens is 324 g/mol. The van der Waals surface area contributed by atoms with Crippen molar-refractivity contribution in [2.75, 3.05) is 10.2 Å². The minimum Gasteiger partial charge on any atom is -0.322 e. The Kier molecular flexibility index (Phi) is 3.76. The van der Waals surface area contributed by atoms with Crippen molar-refractivity contribution in [3.05, 3.63) is 65.9 Å². The second-order valence-corrected chi connectivity index (χ2v) is 5.94. The van der Waals surface area contributed by atoms with Gasteiger partial charge in [-0.1, -0.05) is 18.2 Å². The molecule has 25 heavy (non-hydrogen) atoms. The maximum Gasteiger partial charge on any atom is 0.249 e. The lowest BCUT2D eigenvalue weighted by atomic mass is 10.1. The zero-order valence-corrected chi connectivity index (χ0v) is 13.4. The van der Waals surface area contributed by atoms with E-state index in [1.165, 1.54) is 17.7 Å². The molecule has 1 aromatic heterocycles. The maximum atomic E-state index is 13.8. The first-order valence-electron chi connectivity index (χ1n) is 7.91. The largest absolute Gasteiger partial charge is 0.322 e. The molecule has 126 valence electrons. The Balaban J connectivity index is 1.66. The molecule has 0 saturated heterocycles. The number of anilines is 4. The second-order valence-electron chi connectivity index (χ2n) is 5.94. The average molecular weight is 339 g/mol. The molecule has 0 bridgehead atoms.